The van der Waals surface area contributed by atoms with Gasteiger partial charge >= 0.3 is 5.69 Å². The van der Waals surface area contributed by atoms with Gasteiger partial charge in [-0.3, -0.25) is 14.9 Å². The van der Waals surface area contributed by atoms with Crippen LogP contribution in [0.25, 0.3) is 0 Å². The van der Waals surface area contributed by atoms with Crippen LogP contribution in [-0.4, -0.2) is 36.0 Å². The molecular formula is C20H21N3O5. The quantitative estimate of drug-likeness (QED) is 0.610. The monoisotopic (exact) mass is 383 g/mol. The Bertz CT molecular complexity index is 953. The van der Waals surface area contributed by atoms with Crippen LogP contribution in [0.1, 0.15) is 35.3 Å². The lowest BCUT2D eigenvalue weighted by molar-refractivity contribution is -0.385. The third kappa shape index (κ3) is 4.11. The topological polar surface area (TPSA) is 103 Å². The second kappa shape index (κ2) is 7.67. The van der Waals surface area contributed by atoms with E-state index in [1.165, 1.54) is 25.3 Å². The number of nitro benzene ring substituents is 1. The van der Waals surface area contributed by atoms with Crippen molar-refractivity contribution < 1.29 is 19.2 Å². The van der Waals surface area contributed by atoms with E-state index in [4.69, 9.17) is 9.47 Å². The van der Waals surface area contributed by atoms with E-state index in [-0.39, 0.29) is 35.0 Å². The van der Waals surface area contributed by atoms with Gasteiger partial charge in [0.25, 0.3) is 5.91 Å². The molecule has 0 saturated heterocycles. The molecule has 1 amide bonds. The first-order valence-electron chi connectivity index (χ1n) is 8.72. The molecule has 0 aliphatic carbocycles. The average molecular weight is 383 g/mol. The number of ether oxygens (including phenoxy) is 2. The summed E-state index contributed by atoms with van der Waals surface area (Å²) in [5, 5.41) is 13.8. The highest BCUT2D eigenvalue weighted by Crippen LogP contribution is 2.27. The van der Waals surface area contributed by atoms with E-state index in [0.29, 0.717) is 12.5 Å². The first-order valence-corrected chi connectivity index (χ1v) is 8.72. The van der Waals surface area contributed by atoms with Crippen LogP contribution >= 0.6 is 0 Å². The SMILES string of the molecule is COc1cc(C(=O)NCc2ccccc2C2=NC(C)(C)CO2)ccc1[N+](=O)[O-]. The lowest BCUT2D eigenvalue weighted by atomic mass is 10.1. The predicted molar refractivity (Wildman–Crippen MR) is 104 cm³/mol. The Balaban J connectivity index is 1.77. The molecule has 0 unspecified atom stereocenters. The lowest BCUT2D eigenvalue weighted by Gasteiger charge is -2.11. The zero-order chi connectivity index (χ0) is 20.3. The van der Waals surface area contributed by atoms with Crippen LogP contribution < -0.4 is 10.1 Å². The molecule has 8 heteroatoms. The minimum Gasteiger partial charge on any atom is -0.490 e. The van der Waals surface area contributed by atoms with E-state index in [1.807, 2.05) is 38.1 Å². The molecule has 1 aliphatic rings. The first-order chi connectivity index (χ1) is 13.3. The molecule has 0 radical (unpaired) electrons. The van der Waals surface area contributed by atoms with Gasteiger partial charge in [-0.25, -0.2) is 4.99 Å². The third-order valence-electron chi connectivity index (χ3n) is 4.29. The maximum Gasteiger partial charge on any atom is 0.310 e. The van der Waals surface area contributed by atoms with Crippen molar-refractivity contribution in [1.29, 1.82) is 0 Å². The summed E-state index contributed by atoms with van der Waals surface area (Å²) in [5.74, 6) is 0.235. The summed E-state index contributed by atoms with van der Waals surface area (Å²) < 4.78 is 10.7. The van der Waals surface area contributed by atoms with Crippen LogP contribution in [0.3, 0.4) is 0 Å². The Morgan fingerprint density at radius 3 is 2.71 bits per heavy atom. The Morgan fingerprint density at radius 1 is 1.32 bits per heavy atom. The number of nitro groups is 1. The van der Waals surface area contributed by atoms with Crippen molar-refractivity contribution in [2.75, 3.05) is 13.7 Å². The van der Waals surface area contributed by atoms with Crippen LogP contribution in [0.15, 0.2) is 47.5 Å². The Hall–Kier alpha value is -3.42. The van der Waals surface area contributed by atoms with Gasteiger partial charge in [-0.1, -0.05) is 18.2 Å². The smallest absolute Gasteiger partial charge is 0.310 e. The van der Waals surface area contributed by atoms with Crippen molar-refractivity contribution in [2.24, 2.45) is 4.99 Å². The standard InChI is InChI=1S/C20H21N3O5/c1-20(2)12-28-19(22-20)15-7-5-4-6-14(15)11-21-18(24)13-8-9-16(23(25)26)17(10-13)27-3/h4-10H,11-12H2,1-3H3,(H,21,24). The fourth-order valence-electron chi connectivity index (χ4n) is 2.85. The van der Waals surface area contributed by atoms with Gasteiger partial charge in [0.1, 0.15) is 6.61 Å². The number of nitrogens with zero attached hydrogens (tertiary/aromatic N) is 2. The minimum atomic E-state index is -0.555. The number of benzene rings is 2. The molecule has 1 N–H and O–H groups in total. The maximum atomic E-state index is 12.5. The van der Waals surface area contributed by atoms with Crippen molar-refractivity contribution in [3.63, 3.8) is 0 Å². The van der Waals surface area contributed by atoms with Gasteiger partial charge in [-0.15, -0.1) is 0 Å². The molecule has 146 valence electrons. The molecule has 2 aromatic carbocycles. The van der Waals surface area contributed by atoms with Gasteiger partial charge in [0.05, 0.1) is 17.6 Å². The van der Waals surface area contributed by atoms with Crippen molar-refractivity contribution in [2.45, 2.75) is 25.9 Å². The molecule has 1 heterocycles. The Kier molecular flexibility index (Phi) is 5.30. The summed E-state index contributed by atoms with van der Waals surface area (Å²) in [7, 11) is 1.32. The number of hydrogen-bond donors (Lipinski definition) is 1. The van der Waals surface area contributed by atoms with Gasteiger partial charge in [-0.2, -0.15) is 0 Å². The van der Waals surface area contributed by atoms with E-state index in [9.17, 15) is 14.9 Å². The predicted octanol–water partition coefficient (Wildman–Crippen LogP) is 3.09. The number of rotatable bonds is 6. The molecule has 0 spiro atoms. The number of carbonyl (C=O) groups excluding carboxylic acids is 1. The summed E-state index contributed by atoms with van der Waals surface area (Å²) in [5.41, 5.74) is 1.50. The zero-order valence-electron chi connectivity index (χ0n) is 15.9. The van der Waals surface area contributed by atoms with E-state index >= 15 is 0 Å². The number of amides is 1. The molecule has 0 bridgehead atoms. The third-order valence-corrected chi connectivity index (χ3v) is 4.29. The van der Waals surface area contributed by atoms with Crippen molar-refractivity contribution in [1.82, 2.24) is 5.32 Å². The van der Waals surface area contributed by atoms with Gasteiger partial charge in [0.2, 0.25) is 5.90 Å². The van der Waals surface area contributed by atoms with Crippen LogP contribution in [0.2, 0.25) is 0 Å². The van der Waals surface area contributed by atoms with Crippen LogP contribution in [0.5, 0.6) is 5.75 Å². The average Bonchev–Trinajstić information content (AvgIpc) is 3.05. The second-order valence-electron chi connectivity index (χ2n) is 7.00. The van der Waals surface area contributed by atoms with Gasteiger partial charge in [0, 0.05) is 29.8 Å². The highest BCUT2D eigenvalue weighted by Gasteiger charge is 2.28. The van der Waals surface area contributed by atoms with Gasteiger partial charge < -0.3 is 14.8 Å². The number of hydrogen-bond acceptors (Lipinski definition) is 6. The normalized spacial score (nSPS) is 14.8. The number of carbonyl (C=O) groups is 1. The zero-order valence-corrected chi connectivity index (χ0v) is 15.9. The highest BCUT2D eigenvalue weighted by atomic mass is 16.6. The van der Waals surface area contributed by atoms with E-state index < -0.39 is 4.92 Å². The van der Waals surface area contributed by atoms with E-state index in [2.05, 4.69) is 10.3 Å². The van der Waals surface area contributed by atoms with Crippen LogP contribution in [-0.2, 0) is 11.3 Å². The molecular weight excluding hydrogens is 362 g/mol. The maximum absolute atomic E-state index is 12.5. The molecule has 28 heavy (non-hydrogen) atoms. The first kappa shape index (κ1) is 19.3. The molecule has 3 rings (SSSR count). The summed E-state index contributed by atoms with van der Waals surface area (Å²) in [6.45, 7) is 4.75. The largest absolute Gasteiger partial charge is 0.490 e. The van der Waals surface area contributed by atoms with E-state index in [1.54, 1.807) is 0 Å². The fraction of sp³-hybridized carbons (Fsp3) is 0.300. The Morgan fingerprint density at radius 2 is 2.07 bits per heavy atom. The van der Waals surface area contributed by atoms with Gasteiger partial charge in [-0.05, 0) is 31.5 Å². The van der Waals surface area contributed by atoms with Crippen molar-refractivity contribution in [3.8, 4) is 5.75 Å². The minimum absolute atomic E-state index is 0.0361. The molecule has 2 aromatic rings. The summed E-state index contributed by atoms with van der Waals surface area (Å²) in [6.07, 6.45) is 0. The summed E-state index contributed by atoms with van der Waals surface area (Å²) in [4.78, 5) is 27.5. The second-order valence-corrected chi connectivity index (χ2v) is 7.00. The summed E-state index contributed by atoms with van der Waals surface area (Å²) >= 11 is 0. The molecule has 0 atom stereocenters. The van der Waals surface area contributed by atoms with Crippen molar-refractivity contribution >= 4 is 17.5 Å². The molecule has 0 aromatic heterocycles. The summed E-state index contributed by atoms with van der Waals surface area (Å²) in [6, 6.07) is 11.6. The fourth-order valence-corrected chi connectivity index (χ4v) is 2.85. The Labute approximate surface area is 162 Å². The van der Waals surface area contributed by atoms with Gasteiger partial charge in [0.15, 0.2) is 5.75 Å². The lowest BCUT2D eigenvalue weighted by Crippen LogP contribution is -2.24. The molecule has 8 nitrogen and oxygen atoms in total. The van der Waals surface area contributed by atoms with Crippen LogP contribution in [0, 0.1) is 10.1 Å². The highest BCUT2D eigenvalue weighted by molar-refractivity contribution is 5.98. The molecule has 0 saturated carbocycles. The number of aliphatic imine (C=N–C) groups is 1. The molecule has 1 aliphatic heterocycles. The number of methoxy groups -OCH3 is 1. The van der Waals surface area contributed by atoms with Crippen molar-refractivity contribution in [3.05, 3.63) is 69.3 Å². The number of nitrogens with one attached hydrogen (secondary N) is 1. The van der Waals surface area contributed by atoms with Crippen LogP contribution in [0.4, 0.5) is 5.69 Å². The van der Waals surface area contributed by atoms with E-state index in [0.717, 1.165) is 11.1 Å². The molecule has 0 fully saturated rings.